The fraction of sp³-hybridized carbons (Fsp3) is 0.148. The van der Waals surface area contributed by atoms with Crippen LogP contribution in [0.5, 0.6) is 0 Å². The highest BCUT2D eigenvalue weighted by atomic mass is 32.2. The van der Waals surface area contributed by atoms with Crippen molar-refractivity contribution in [2.75, 3.05) is 5.32 Å². The lowest BCUT2D eigenvalue weighted by Crippen LogP contribution is -2.30. The number of nitrogens with zero attached hydrogens (tertiary/aromatic N) is 1. The van der Waals surface area contributed by atoms with Crippen molar-refractivity contribution in [3.8, 4) is 0 Å². The van der Waals surface area contributed by atoms with Crippen molar-refractivity contribution in [1.29, 1.82) is 0 Å². The number of anilines is 1. The van der Waals surface area contributed by atoms with Gasteiger partial charge < -0.3 is 15.2 Å². The fourth-order valence-corrected chi connectivity index (χ4v) is 4.97. The van der Waals surface area contributed by atoms with Gasteiger partial charge in [0, 0.05) is 34.9 Å². The molecule has 32 heavy (non-hydrogen) atoms. The number of aromatic nitrogens is 1. The second kappa shape index (κ2) is 8.97. The summed E-state index contributed by atoms with van der Waals surface area (Å²) in [5, 5.41) is 7.58. The quantitative estimate of drug-likeness (QED) is 0.370. The predicted molar refractivity (Wildman–Crippen MR) is 134 cm³/mol. The molecule has 1 aliphatic rings. The molecule has 2 heterocycles. The third kappa shape index (κ3) is 4.30. The normalized spacial score (nSPS) is 17.1. The smallest absolute Gasteiger partial charge is 0.260 e. The van der Waals surface area contributed by atoms with Crippen molar-refractivity contribution < 1.29 is 4.79 Å². The molecule has 2 N–H and O–H groups in total. The van der Waals surface area contributed by atoms with Crippen LogP contribution in [0.15, 0.2) is 90.0 Å². The molecular formula is C27H25N3OS. The van der Waals surface area contributed by atoms with Crippen molar-refractivity contribution in [2.24, 2.45) is 0 Å². The number of thioether (sulfide) groups is 1. The Bertz CT molecular complexity index is 1280. The van der Waals surface area contributed by atoms with Crippen LogP contribution in [-0.2, 0) is 17.8 Å². The van der Waals surface area contributed by atoms with E-state index in [0.717, 1.165) is 40.0 Å². The number of carbonyl (C=O) groups is 1. The molecule has 1 amide bonds. The van der Waals surface area contributed by atoms with Gasteiger partial charge in [0.2, 0.25) is 0 Å². The number of amides is 1. The van der Waals surface area contributed by atoms with Crippen LogP contribution < -0.4 is 10.6 Å². The first-order valence-electron chi connectivity index (χ1n) is 10.9. The Balaban J connectivity index is 1.39. The standard InChI is InChI=1S/C27H25N3OS/c1-2-19-12-14-22(15-13-19)28-27-29-26(31)25(32-27)16-21-18-30(17-20-8-4-3-5-9-20)24-11-7-6-10-23(21)24/h3-16,18,27-28H,2,17H2,1H3,(H,29,31)/b25-16-/t27-/m0/s1. The minimum atomic E-state index is -0.182. The van der Waals surface area contributed by atoms with Gasteiger partial charge in [0.1, 0.15) is 0 Å². The molecular weight excluding hydrogens is 414 g/mol. The van der Waals surface area contributed by atoms with E-state index in [1.54, 1.807) is 0 Å². The Morgan fingerprint density at radius 3 is 2.50 bits per heavy atom. The molecule has 1 saturated heterocycles. The van der Waals surface area contributed by atoms with Crippen LogP contribution in [0.3, 0.4) is 0 Å². The van der Waals surface area contributed by atoms with Gasteiger partial charge in [0.15, 0.2) is 5.50 Å². The zero-order valence-electron chi connectivity index (χ0n) is 17.9. The first-order valence-corrected chi connectivity index (χ1v) is 11.7. The van der Waals surface area contributed by atoms with Crippen LogP contribution in [0.25, 0.3) is 17.0 Å². The van der Waals surface area contributed by atoms with Crippen molar-refractivity contribution in [3.05, 3.63) is 107 Å². The molecule has 0 saturated carbocycles. The molecule has 1 aromatic heterocycles. The SMILES string of the molecule is CCc1ccc(N[C@H]2NC(=O)/C(=C/c3cn(Cc4ccccc4)c4ccccc34)S2)cc1. The predicted octanol–water partition coefficient (Wildman–Crippen LogP) is 5.85. The average molecular weight is 440 g/mol. The molecule has 5 rings (SSSR count). The third-order valence-electron chi connectivity index (χ3n) is 5.69. The largest absolute Gasteiger partial charge is 0.357 e. The van der Waals surface area contributed by atoms with Gasteiger partial charge >= 0.3 is 0 Å². The summed E-state index contributed by atoms with van der Waals surface area (Å²) in [5.74, 6) is -0.0439. The Kier molecular flexibility index (Phi) is 5.73. The number of rotatable bonds is 6. The molecule has 0 radical (unpaired) electrons. The number of aryl methyl sites for hydroxylation is 1. The summed E-state index contributed by atoms with van der Waals surface area (Å²) in [5.41, 5.74) is 5.59. The third-order valence-corrected chi connectivity index (χ3v) is 6.72. The summed E-state index contributed by atoms with van der Waals surface area (Å²) >= 11 is 1.52. The van der Waals surface area contributed by atoms with E-state index in [-0.39, 0.29) is 11.4 Å². The van der Waals surface area contributed by atoms with Gasteiger partial charge in [-0.2, -0.15) is 0 Å². The lowest BCUT2D eigenvalue weighted by atomic mass is 10.1. The van der Waals surface area contributed by atoms with Crippen molar-refractivity contribution in [3.63, 3.8) is 0 Å². The maximum Gasteiger partial charge on any atom is 0.260 e. The Hall–Kier alpha value is -3.44. The van der Waals surface area contributed by atoms with Gasteiger partial charge in [-0.15, -0.1) is 0 Å². The monoisotopic (exact) mass is 439 g/mol. The summed E-state index contributed by atoms with van der Waals surface area (Å²) < 4.78 is 2.25. The lowest BCUT2D eigenvalue weighted by molar-refractivity contribution is -0.116. The van der Waals surface area contributed by atoms with Crippen molar-refractivity contribution in [1.82, 2.24) is 9.88 Å². The van der Waals surface area contributed by atoms with Crippen molar-refractivity contribution in [2.45, 2.75) is 25.4 Å². The molecule has 5 heteroatoms. The minimum absolute atomic E-state index is 0.0439. The first-order chi connectivity index (χ1) is 15.7. The van der Waals surface area contributed by atoms with Gasteiger partial charge in [-0.05, 0) is 41.8 Å². The van der Waals surface area contributed by atoms with E-state index in [1.807, 2.05) is 18.2 Å². The van der Waals surface area contributed by atoms with E-state index in [4.69, 9.17) is 0 Å². The topological polar surface area (TPSA) is 46.1 Å². The summed E-state index contributed by atoms with van der Waals surface area (Å²) in [4.78, 5) is 13.4. The van der Waals surface area contributed by atoms with Crippen molar-refractivity contribution >= 4 is 40.3 Å². The molecule has 4 aromatic rings. The van der Waals surface area contributed by atoms with E-state index in [2.05, 4.69) is 95.1 Å². The molecule has 1 atom stereocenters. The van der Waals surface area contributed by atoms with Gasteiger partial charge in [-0.25, -0.2) is 0 Å². The molecule has 0 aliphatic carbocycles. The highest BCUT2D eigenvalue weighted by Gasteiger charge is 2.27. The van der Waals surface area contributed by atoms with Crippen LogP contribution in [0.4, 0.5) is 5.69 Å². The molecule has 0 spiro atoms. The van der Waals surface area contributed by atoms with Crippen LogP contribution in [-0.4, -0.2) is 16.0 Å². The van der Waals surface area contributed by atoms with Gasteiger partial charge in [-0.1, -0.05) is 79.3 Å². The maximum absolute atomic E-state index is 12.7. The number of fused-ring (bicyclic) bond motifs is 1. The maximum atomic E-state index is 12.7. The van der Waals surface area contributed by atoms with E-state index in [1.165, 1.54) is 22.9 Å². The first kappa shape index (κ1) is 20.5. The van der Waals surface area contributed by atoms with E-state index >= 15 is 0 Å². The summed E-state index contributed by atoms with van der Waals surface area (Å²) in [6.45, 7) is 2.94. The van der Waals surface area contributed by atoms with Crippen LogP contribution in [0.2, 0.25) is 0 Å². The molecule has 1 aliphatic heterocycles. The molecule has 160 valence electrons. The second-order valence-electron chi connectivity index (χ2n) is 7.89. The second-order valence-corrected chi connectivity index (χ2v) is 9.04. The lowest BCUT2D eigenvalue weighted by Gasteiger charge is -2.12. The van der Waals surface area contributed by atoms with Crippen LogP contribution in [0, 0.1) is 0 Å². The minimum Gasteiger partial charge on any atom is -0.357 e. The fourth-order valence-electron chi connectivity index (χ4n) is 4.00. The van der Waals surface area contributed by atoms with E-state index in [0.29, 0.717) is 0 Å². The van der Waals surface area contributed by atoms with Gasteiger partial charge in [0.05, 0.1) is 4.91 Å². The number of hydrogen-bond donors (Lipinski definition) is 2. The molecule has 0 bridgehead atoms. The average Bonchev–Trinajstić information content (AvgIpc) is 3.35. The molecule has 0 unspecified atom stereocenters. The van der Waals surface area contributed by atoms with Crippen LogP contribution in [0.1, 0.15) is 23.6 Å². The number of para-hydroxylation sites is 1. The highest BCUT2D eigenvalue weighted by molar-refractivity contribution is 8.05. The zero-order valence-corrected chi connectivity index (χ0v) is 18.7. The number of carbonyl (C=O) groups excluding carboxylic acids is 1. The number of nitrogens with one attached hydrogen (secondary N) is 2. The van der Waals surface area contributed by atoms with Crippen LogP contribution >= 0.6 is 11.8 Å². The summed E-state index contributed by atoms with van der Waals surface area (Å²) in [6, 6.07) is 27.1. The molecule has 1 fully saturated rings. The Morgan fingerprint density at radius 2 is 1.72 bits per heavy atom. The van der Waals surface area contributed by atoms with E-state index in [9.17, 15) is 4.79 Å². The Morgan fingerprint density at radius 1 is 0.969 bits per heavy atom. The number of benzene rings is 3. The summed E-state index contributed by atoms with van der Waals surface area (Å²) in [6.07, 6.45) is 5.16. The highest BCUT2D eigenvalue weighted by Crippen LogP contribution is 2.32. The molecule has 4 nitrogen and oxygen atoms in total. The van der Waals surface area contributed by atoms with Gasteiger partial charge in [0.25, 0.3) is 5.91 Å². The number of hydrogen-bond acceptors (Lipinski definition) is 3. The zero-order chi connectivity index (χ0) is 21.9. The summed E-state index contributed by atoms with van der Waals surface area (Å²) in [7, 11) is 0. The van der Waals surface area contributed by atoms with E-state index < -0.39 is 0 Å². The Labute approximate surface area is 192 Å². The van der Waals surface area contributed by atoms with Gasteiger partial charge in [-0.3, -0.25) is 4.79 Å². The molecule has 3 aromatic carbocycles.